The summed E-state index contributed by atoms with van der Waals surface area (Å²) < 4.78 is 1.98. The van der Waals surface area contributed by atoms with Crippen molar-refractivity contribution in [2.45, 2.75) is 39.3 Å². The second-order valence-corrected chi connectivity index (χ2v) is 5.47. The summed E-state index contributed by atoms with van der Waals surface area (Å²) in [7, 11) is 0. The third kappa shape index (κ3) is 4.96. The molecule has 0 radical (unpaired) electrons. The van der Waals surface area contributed by atoms with Crippen LogP contribution in [0.15, 0.2) is 18.7 Å². The van der Waals surface area contributed by atoms with Gasteiger partial charge in [0.05, 0.1) is 11.7 Å². The molecule has 2 N–H and O–H groups in total. The van der Waals surface area contributed by atoms with Crippen molar-refractivity contribution < 1.29 is 4.79 Å². The van der Waals surface area contributed by atoms with Gasteiger partial charge in [0, 0.05) is 31.5 Å². The van der Waals surface area contributed by atoms with Gasteiger partial charge in [0.1, 0.15) is 0 Å². The zero-order valence-electron chi connectivity index (χ0n) is 12.0. The van der Waals surface area contributed by atoms with Crippen molar-refractivity contribution in [2.75, 3.05) is 13.1 Å². The second kappa shape index (κ2) is 8.49. The van der Waals surface area contributed by atoms with Crippen LogP contribution in [0, 0.1) is 5.41 Å². The molecule has 1 aliphatic rings. The Morgan fingerprint density at radius 3 is 2.85 bits per heavy atom. The summed E-state index contributed by atoms with van der Waals surface area (Å²) in [4.78, 5) is 16.3. The van der Waals surface area contributed by atoms with Crippen LogP contribution in [0.2, 0.25) is 0 Å². The van der Waals surface area contributed by atoms with Crippen molar-refractivity contribution in [2.24, 2.45) is 5.41 Å². The Kier molecular flexibility index (Phi) is 8.16. The van der Waals surface area contributed by atoms with Gasteiger partial charge in [-0.05, 0) is 33.2 Å². The van der Waals surface area contributed by atoms with Gasteiger partial charge in [-0.3, -0.25) is 4.79 Å². The molecular weight excluding hydrogens is 299 g/mol. The van der Waals surface area contributed by atoms with E-state index in [1.807, 2.05) is 24.6 Å². The molecule has 7 heteroatoms. The molecule has 2 atom stereocenters. The van der Waals surface area contributed by atoms with E-state index in [1.54, 1.807) is 12.5 Å². The molecule has 0 aromatic carbocycles. The van der Waals surface area contributed by atoms with Gasteiger partial charge in [0.15, 0.2) is 0 Å². The van der Waals surface area contributed by atoms with Crippen molar-refractivity contribution in [3.63, 3.8) is 0 Å². The fourth-order valence-corrected chi connectivity index (χ4v) is 2.40. The molecule has 0 aliphatic carbocycles. The highest BCUT2D eigenvalue weighted by molar-refractivity contribution is 5.85. The van der Waals surface area contributed by atoms with E-state index in [9.17, 15) is 4.79 Å². The molecule has 116 valence electrons. The van der Waals surface area contributed by atoms with Crippen LogP contribution in [-0.2, 0) is 11.3 Å². The third-order valence-electron chi connectivity index (χ3n) is 3.57. The van der Waals surface area contributed by atoms with Crippen molar-refractivity contribution in [1.82, 2.24) is 20.2 Å². The van der Waals surface area contributed by atoms with E-state index in [0.29, 0.717) is 0 Å². The van der Waals surface area contributed by atoms with E-state index in [2.05, 4.69) is 15.6 Å². The molecule has 2 heterocycles. The number of imidazole rings is 1. The van der Waals surface area contributed by atoms with E-state index in [-0.39, 0.29) is 42.2 Å². The van der Waals surface area contributed by atoms with Gasteiger partial charge in [-0.1, -0.05) is 0 Å². The molecule has 2 unspecified atom stereocenters. The van der Waals surface area contributed by atoms with E-state index >= 15 is 0 Å². The van der Waals surface area contributed by atoms with Crippen molar-refractivity contribution in [3.05, 3.63) is 18.7 Å². The summed E-state index contributed by atoms with van der Waals surface area (Å²) in [6, 6.07) is 0.116. The summed E-state index contributed by atoms with van der Waals surface area (Å²) in [5.74, 6) is 0.155. The quantitative estimate of drug-likeness (QED) is 0.885. The Morgan fingerprint density at radius 1 is 1.55 bits per heavy atom. The zero-order chi connectivity index (χ0) is 13.0. The van der Waals surface area contributed by atoms with Crippen LogP contribution in [0.1, 0.15) is 26.7 Å². The lowest BCUT2D eigenvalue weighted by Crippen LogP contribution is -2.51. The smallest absolute Gasteiger partial charge is 0.227 e. The van der Waals surface area contributed by atoms with E-state index in [0.717, 1.165) is 32.5 Å². The highest BCUT2D eigenvalue weighted by atomic mass is 35.5. The topological polar surface area (TPSA) is 59.0 Å². The van der Waals surface area contributed by atoms with E-state index in [1.165, 1.54) is 0 Å². The minimum Gasteiger partial charge on any atom is -0.351 e. The number of rotatable bonds is 4. The molecule has 0 saturated carbocycles. The standard InChI is InChI=1S/C13H22N4O.2ClH/c1-11(8-17-7-6-15-10-17)16-12(18)13(2)4-3-5-14-9-13;;/h6-7,10-11,14H,3-5,8-9H2,1-2H3,(H,16,18);2*1H. The van der Waals surface area contributed by atoms with Crippen LogP contribution >= 0.6 is 24.8 Å². The Morgan fingerprint density at radius 2 is 2.30 bits per heavy atom. The first-order valence-electron chi connectivity index (χ1n) is 6.57. The van der Waals surface area contributed by atoms with Gasteiger partial charge in [0.2, 0.25) is 5.91 Å². The number of amides is 1. The first kappa shape index (κ1) is 19.2. The van der Waals surface area contributed by atoms with Gasteiger partial charge >= 0.3 is 0 Å². The lowest BCUT2D eigenvalue weighted by molar-refractivity contribution is -0.131. The minimum absolute atomic E-state index is 0. The molecule has 1 aliphatic heterocycles. The molecule has 1 amide bonds. The molecule has 1 aromatic rings. The highest BCUT2D eigenvalue weighted by Gasteiger charge is 2.34. The first-order chi connectivity index (χ1) is 8.60. The number of halogens is 2. The van der Waals surface area contributed by atoms with Crippen LogP contribution in [0.3, 0.4) is 0 Å². The molecule has 1 aromatic heterocycles. The number of hydrogen-bond acceptors (Lipinski definition) is 3. The Labute approximate surface area is 132 Å². The second-order valence-electron chi connectivity index (χ2n) is 5.47. The monoisotopic (exact) mass is 322 g/mol. The summed E-state index contributed by atoms with van der Waals surface area (Å²) in [6.07, 6.45) is 7.46. The molecule has 20 heavy (non-hydrogen) atoms. The maximum atomic E-state index is 12.3. The molecule has 1 saturated heterocycles. The van der Waals surface area contributed by atoms with Crippen LogP contribution in [-0.4, -0.2) is 34.6 Å². The SMILES string of the molecule is CC(Cn1ccnc1)NC(=O)C1(C)CCCNC1.Cl.Cl. The van der Waals surface area contributed by atoms with E-state index in [4.69, 9.17) is 0 Å². The lowest BCUT2D eigenvalue weighted by Gasteiger charge is -2.33. The van der Waals surface area contributed by atoms with Crippen molar-refractivity contribution >= 4 is 30.7 Å². The Balaban J connectivity index is 0.00000180. The number of aromatic nitrogens is 2. The fourth-order valence-electron chi connectivity index (χ4n) is 2.40. The summed E-state index contributed by atoms with van der Waals surface area (Å²) in [5.41, 5.74) is -0.262. The molecule has 0 spiro atoms. The number of carbonyl (C=O) groups excluding carboxylic acids is 1. The molecule has 5 nitrogen and oxygen atoms in total. The lowest BCUT2D eigenvalue weighted by atomic mass is 9.82. The van der Waals surface area contributed by atoms with Gasteiger partial charge < -0.3 is 15.2 Å². The third-order valence-corrected chi connectivity index (χ3v) is 3.57. The highest BCUT2D eigenvalue weighted by Crippen LogP contribution is 2.25. The predicted octanol–water partition coefficient (Wildman–Crippen LogP) is 1.62. The number of carbonyl (C=O) groups is 1. The van der Waals surface area contributed by atoms with Gasteiger partial charge in [0.25, 0.3) is 0 Å². The van der Waals surface area contributed by atoms with Gasteiger partial charge in [-0.15, -0.1) is 24.8 Å². The van der Waals surface area contributed by atoms with Crippen LogP contribution < -0.4 is 10.6 Å². The van der Waals surface area contributed by atoms with Crippen molar-refractivity contribution in [1.29, 1.82) is 0 Å². The Bertz CT molecular complexity index is 391. The normalized spacial score (nSPS) is 23.1. The molecular formula is C13H24Cl2N4O. The molecule has 0 bridgehead atoms. The predicted molar refractivity (Wildman–Crippen MR) is 84.5 cm³/mol. The number of piperidine rings is 1. The van der Waals surface area contributed by atoms with Crippen LogP contribution in [0.4, 0.5) is 0 Å². The number of nitrogens with zero attached hydrogens (tertiary/aromatic N) is 2. The molecule has 2 rings (SSSR count). The van der Waals surface area contributed by atoms with Crippen LogP contribution in [0.5, 0.6) is 0 Å². The average Bonchev–Trinajstić information content (AvgIpc) is 2.82. The van der Waals surface area contributed by atoms with E-state index < -0.39 is 0 Å². The largest absolute Gasteiger partial charge is 0.351 e. The summed E-state index contributed by atoms with van der Waals surface area (Å²) in [5, 5.41) is 6.40. The molecule has 1 fully saturated rings. The maximum Gasteiger partial charge on any atom is 0.227 e. The zero-order valence-corrected chi connectivity index (χ0v) is 13.6. The van der Waals surface area contributed by atoms with Gasteiger partial charge in [-0.2, -0.15) is 0 Å². The number of hydrogen-bond donors (Lipinski definition) is 2. The summed E-state index contributed by atoms with van der Waals surface area (Å²) >= 11 is 0. The van der Waals surface area contributed by atoms with Crippen LogP contribution in [0.25, 0.3) is 0 Å². The minimum atomic E-state index is -0.262. The van der Waals surface area contributed by atoms with Gasteiger partial charge in [-0.25, -0.2) is 4.98 Å². The fraction of sp³-hybridized carbons (Fsp3) is 0.692. The van der Waals surface area contributed by atoms with Crippen molar-refractivity contribution in [3.8, 4) is 0 Å². The summed E-state index contributed by atoms with van der Waals surface area (Å²) in [6.45, 7) is 6.62. The first-order valence-corrected chi connectivity index (χ1v) is 6.57. The Hall–Kier alpha value is -0.780. The maximum absolute atomic E-state index is 12.3. The average molecular weight is 323 g/mol. The number of nitrogens with one attached hydrogen (secondary N) is 2.